The number of rotatable bonds is 22. The van der Waals surface area contributed by atoms with Crippen LogP contribution in [0.15, 0.2) is 0 Å². The molecule has 40 atom stereocenters. The van der Waals surface area contributed by atoms with Gasteiger partial charge in [-0.2, -0.15) is 0 Å². The molecule has 8 saturated heterocycles. The lowest BCUT2D eigenvalue weighted by Gasteiger charge is -2.52. The van der Waals surface area contributed by atoms with Crippen molar-refractivity contribution in [2.45, 2.75) is 273 Å². The lowest BCUT2D eigenvalue weighted by molar-refractivity contribution is -0.398. The van der Waals surface area contributed by atoms with Crippen molar-refractivity contribution < 1.29 is 193 Å². The van der Waals surface area contributed by atoms with Gasteiger partial charge in [0.15, 0.2) is 50.3 Å². The SMILES string of the molecule is CC(=O)N[C@H]1[C@H](O[C@H]2[C@@H](O)[C@@H](CO)O[C@@H](O[C@H]3[C@H](O)[C@@H](O)[C@H](O)O[C@@H]3CO)[C@@H]2O)O[C@H](CO)[C@@H](O[C@@H]2O[C@@H](C)[C@@H](O)[C@@H](O)[C@@H]2O)[C@@H]1O[C@@H]1O[C@H](CO)[C@H](O)[C@H](O[C@@H]2O[C@H](CO)[C@@H](O)[C@H](O[C@@H]3O[C@H](CO)[C@H](O)[C@H](O)[C@H]3O[C@@H]3O[C@@H](C)[C@@H](O)[C@@H](O)[C@@H]3O)[C@H]2NC(C)=O)[C@H]1O. The summed E-state index contributed by atoms with van der Waals surface area (Å²) < 4.78 is 88.4. The van der Waals surface area contributed by atoms with Crippen molar-refractivity contribution in [1.82, 2.24) is 10.6 Å². The second kappa shape index (κ2) is 32.6. The molecule has 8 rings (SSSR count). The summed E-state index contributed by atoms with van der Waals surface area (Å²) in [5, 5.41) is 245. The van der Waals surface area contributed by atoms with E-state index in [1.807, 2.05) is 0 Å². The Kier molecular flexibility index (Phi) is 26.7. The van der Waals surface area contributed by atoms with Crippen molar-refractivity contribution in [3.63, 3.8) is 0 Å². The summed E-state index contributed by atoms with van der Waals surface area (Å²) in [6.07, 6.45) is -75.3. The number of aliphatic hydroxyl groups is 22. The molecule has 540 valence electrons. The first-order chi connectivity index (χ1) is 43.9. The van der Waals surface area contributed by atoms with Crippen LogP contribution in [-0.2, 0) is 80.6 Å². The average molecular weight is 1370 g/mol. The molecule has 0 saturated carbocycles. The van der Waals surface area contributed by atoms with E-state index < -0.39 is 297 Å². The number of carbonyl (C=O) groups is 2. The van der Waals surface area contributed by atoms with Gasteiger partial charge >= 0.3 is 0 Å². The lowest BCUT2D eigenvalue weighted by atomic mass is 9.93. The second-order valence-electron chi connectivity index (χ2n) is 23.8. The zero-order valence-electron chi connectivity index (χ0n) is 50.1. The Balaban J connectivity index is 1.13. The molecule has 0 bridgehead atoms. The maximum absolute atomic E-state index is 13.4. The molecule has 41 heteroatoms. The molecular weight excluding hydrogens is 1280 g/mol. The minimum absolute atomic E-state index is 0.939. The van der Waals surface area contributed by atoms with E-state index in [4.69, 9.17) is 71.1 Å². The molecule has 8 heterocycles. The molecule has 2 amide bonds. The Labute approximate surface area is 527 Å². The number of hydrogen-bond acceptors (Lipinski definition) is 39. The van der Waals surface area contributed by atoms with E-state index >= 15 is 0 Å². The number of aliphatic hydroxyl groups excluding tert-OH is 22. The fourth-order valence-corrected chi connectivity index (χ4v) is 12.1. The summed E-state index contributed by atoms with van der Waals surface area (Å²) in [7, 11) is 0. The zero-order chi connectivity index (χ0) is 68.5. The van der Waals surface area contributed by atoms with Gasteiger partial charge in [-0.1, -0.05) is 0 Å². The summed E-state index contributed by atoms with van der Waals surface area (Å²) in [5.74, 6) is -1.92. The maximum Gasteiger partial charge on any atom is 0.217 e. The molecule has 93 heavy (non-hydrogen) atoms. The number of carbonyl (C=O) groups excluding carboxylic acids is 2. The molecule has 0 aromatic carbocycles. The largest absolute Gasteiger partial charge is 0.394 e. The average Bonchev–Trinajstić information content (AvgIpc) is 0.782. The summed E-state index contributed by atoms with van der Waals surface area (Å²) in [6.45, 7) is -2.05. The van der Waals surface area contributed by atoms with E-state index in [2.05, 4.69) is 10.6 Å². The van der Waals surface area contributed by atoms with Crippen LogP contribution in [0, 0.1) is 0 Å². The molecule has 0 aromatic heterocycles. The highest BCUT2D eigenvalue weighted by atomic mass is 16.8. The highest BCUT2D eigenvalue weighted by Crippen LogP contribution is 2.40. The lowest BCUT2D eigenvalue weighted by Crippen LogP contribution is -2.72. The topological polar surface area (TPSA) is 642 Å². The fraction of sp³-hybridized carbons (Fsp3) is 0.962. The summed E-state index contributed by atoms with van der Waals surface area (Å²) in [5.41, 5.74) is 0. The monoisotopic (exact) mass is 1360 g/mol. The predicted octanol–water partition coefficient (Wildman–Crippen LogP) is -16.1. The van der Waals surface area contributed by atoms with Crippen molar-refractivity contribution in [3.8, 4) is 0 Å². The first-order valence-corrected chi connectivity index (χ1v) is 29.9. The quantitative estimate of drug-likeness (QED) is 0.0479. The van der Waals surface area contributed by atoms with Gasteiger partial charge in [-0.15, -0.1) is 0 Å². The van der Waals surface area contributed by atoms with Crippen LogP contribution in [0.2, 0.25) is 0 Å². The Morgan fingerprint density at radius 2 is 0.591 bits per heavy atom. The first kappa shape index (κ1) is 76.2. The molecule has 0 unspecified atom stereocenters. The van der Waals surface area contributed by atoms with Crippen molar-refractivity contribution in [2.75, 3.05) is 39.6 Å². The molecule has 8 aliphatic heterocycles. The fourth-order valence-electron chi connectivity index (χ4n) is 12.1. The number of ether oxygens (including phenoxy) is 15. The molecule has 0 radical (unpaired) electrons. The molecule has 24 N–H and O–H groups in total. The summed E-state index contributed by atoms with van der Waals surface area (Å²) in [6, 6.07) is -3.93. The van der Waals surface area contributed by atoms with Crippen LogP contribution in [0.5, 0.6) is 0 Å². The highest BCUT2D eigenvalue weighted by Gasteiger charge is 2.61. The van der Waals surface area contributed by atoms with Crippen molar-refractivity contribution in [1.29, 1.82) is 0 Å². The molecule has 0 aromatic rings. The minimum atomic E-state index is -2.45. The minimum Gasteiger partial charge on any atom is -0.394 e. The van der Waals surface area contributed by atoms with Gasteiger partial charge in [-0.25, -0.2) is 0 Å². The Hall–Kier alpha value is -2.54. The number of hydrogen-bond donors (Lipinski definition) is 24. The van der Waals surface area contributed by atoms with Crippen molar-refractivity contribution >= 4 is 11.8 Å². The van der Waals surface area contributed by atoms with E-state index in [1.54, 1.807) is 0 Å². The van der Waals surface area contributed by atoms with Crippen LogP contribution in [0.25, 0.3) is 0 Å². The van der Waals surface area contributed by atoms with Gasteiger partial charge in [-0.3, -0.25) is 9.59 Å². The van der Waals surface area contributed by atoms with E-state index in [0.29, 0.717) is 0 Å². The molecule has 8 aliphatic rings. The number of amides is 2. The van der Waals surface area contributed by atoms with Crippen LogP contribution in [-0.4, -0.2) is 409 Å². The van der Waals surface area contributed by atoms with Gasteiger partial charge in [0.1, 0.15) is 183 Å². The van der Waals surface area contributed by atoms with E-state index in [9.17, 15) is 122 Å². The smallest absolute Gasteiger partial charge is 0.217 e. The molecule has 0 spiro atoms. The van der Waals surface area contributed by atoms with E-state index in [0.717, 1.165) is 13.8 Å². The van der Waals surface area contributed by atoms with Gasteiger partial charge < -0.3 is 194 Å². The third kappa shape index (κ3) is 16.2. The van der Waals surface area contributed by atoms with E-state index in [1.165, 1.54) is 13.8 Å². The highest BCUT2D eigenvalue weighted by molar-refractivity contribution is 5.73. The maximum atomic E-state index is 13.4. The van der Waals surface area contributed by atoms with Gasteiger partial charge in [0, 0.05) is 13.8 Å². The van der Waals surface area contributed by atoms with Crippen LogP contribution in [0.3, 0.4) is 0 Å². The van der Waals surface area contributed by atoms with Gasteiger partial charge in [0.05, 0.1) is 51.8 Å². The van der Waals surface area contributed by atoms with E-state index in [-0.39, 0.29) is 0 Å². The number of nitrogens with one attached hydrogen (secondary N) is 2. The van der Waals surface area contributed by atoms with Crippen LogP contribution >= 0.6 is 0 Å². The van der Waals surface area contributed by atoms with Crippen molar-refractivity contribution in [3.05, 3.63) is 0 Å². The van der Waals surface area contributed by atoms with Crippen molar-refractivity contribution in [2.24, 2.45) is 0 Å². The van der Waals surface area contributed by atoms with Gasteiger partial charge in [0.25, 0.3) is 0 Å². The molecule has 8 fully saturated rings. The zero-order valence-corrected chi connectivity index (χ0v) is 50.1. The van der Waals surface area contributed by atoms with Gasteiger partial charge in [0.2, 0.25) is 11.8 Å². The standard InChI is InChI=1S/C52H88N2O39/c1-11-23(63)29(69)34(74)48(79-11)88-39-20(10-60)86-47(92-42-27(67)17(7-57)83-50(36(42)76)87-38-19(9-59)81-45(78)33(73)32(38)72)22(54-14(4)62)41(39)90-51-37(77)43(28(68)18(8-58)84-51)91-46-21(53-13(3)61)40(26(66)16(6-56)82-46)89-52-44(31(71)25(65)15(5-55)85-52)93-49-35(75)30(70)24(64)12(2)80-49/h11-12,15-52,55-60,63-78H,5-10H2,1-4H3,(H,53,61)(H,54,62)/t11-,12-,15+,16+,17+,18+,19+,20+,21+,22+,23+,24+,25-,26+,27-,28-,29+,30+,31-,32+,33+,34-,35-,36+,37+,38+,39+,40+,41+,42-,43-,44+,45+,46-,47-,48-,49-,50-,51-,52-/m0/s1. The molecule has 0 aliphatic carbocycles. The van der Waals surface area contributed by atoms with Crippen LogP contribution in [0.1, 0.15) is 27.7 Å². The first-order valence-electron chi connectivity index (χ1n) is 29.9. The third-order valence-electron chi connectivity index (χ3n) is 17.4. The van der Waals surface area contributed by atoms with Crippen LogP contribution in [0.4, 0.5) is 0 Å². The summed E-state index contributed by atoms with van der Waals surface area (Å²) >= 11 is 0. The Bertz CT molecular complexity index is 2350. The molecule has 41 nitrogen and oxygen atoms in total. The Morgan fingerprint density at radius 3 is 1.03 bits per heavy atom. The summed E-state index contributed by atoms with van der Waals surface area (Å²) in [4.78, 5) is 26.5. The predicted molar refractivity (Wildman–Crippen MR) is 285 cm³/mol. The third-order valence-corrected chi connectivity index (χ3v) is 17.4. The molecular formula is C52H88N2O39. The van der Waals surface area contributed by atoms with Gasteiger partial charge in [-0.05, 0) is 13.8 Å². The normalized spacial score (nSPS) is 51.6. The van der Waals surface area contributed by atoms with Crippen LogP contribution < -0.4 is 10.6 Å². The Morgan fingerprint density at radius 1 is 0.280 bits per heavy atom. The second-order valence-corrected chi connectivity index (χ2v) is 23.8.